The molecule has 1 aromatic carbocycles. The smallest absolute Gasteiger partial charge is 0.342 e. The number of allylic oxidation sites excluding steroid dienone is 1. The van der Waals surface area contributed by atoms with Crippen molar-refractivity contribution < 1.29 is 19.1 Å². The fourth-order valence-electron chi connectivity index (χ4n) is 2.56. The lowest BCUT2D eigenvalue weighted by molar-refractivity contribution is -0.125. The molecule has 1 unspecified atom stereocenters. The molecule has 0 saturated heterocycles. The molecular weight excluding hydrogens is 400 g/mol. The largest absolute Gasteiger partial charge is 0.452 e. The molecule has 2 amide bonds. The second kappa shape index (κ2) is 10.7. The maximum Gasteiger partial charge on any atom is 0.342 e. The summed E-state index contributed by atoms with van der Waals surface area (Å²) in [5, 5.41) is 7.74. The maximum atomic E-state index is 12.9. The molecular formula is C23H28N2O4S. The van der Waals surface area contributed by atoms with E-state index in [1.54, 1.807) is 5.38 Å². The van der Waals surface area contributed by atoms with E-state index in [4.69, 9.17) is 4.74 Å². The summed E-state index contributed by atoms with van der Waals surface area (Å²) in [6.45, 7) is 9.13. The van der Waals surface area contributed by atoms with E-state index in [-0.39, 0.29) is 35.9 Å². The third kappa shape index (κ3) is 6.56. The lowest BCUT2D eigenvalue weighted by Crippen LogP contribution is -2.38. The van der Waals surface area contributed by atoms with Gasteiger partial charge in [0.2, 0.25) is 5.91 Å². The van der Waals surface area contributed by atoms with E-state index in [0.29, 0.717) is 10.6 Å². The summed E-state index contributed by atoms with van der Waals surface area (Å²) in [7, 11) is 0. The minimum Gasteiger partial charge on any atom is -0.452 e. The molecule has 2 aromatic rings. The van der Waals surface area contributed by atoms with Gasteiger partial charge in [0.15, 0.2) is 6.61 Å². The highest BCUT2D eigenvalue weighted by Crippen LogP contribution is 2.36. The molecule has 0 fully saturated rings. The minimum absolute atomic E-state index is 0.0313. The number of hydrogen-bond acceptors (Lipinski definition) is 5. The average molecular weight is 429 g/mol. The highest BCUT2D eigenvalue weighted by Gasteiger charge is 2.23. The van der Waals surface area contributed by atoms with Crippen LogP contribution in [0.15, 0.2) is 47.4 Å². The predicted octanol–water partition coefficient (Wildman–Crippen LogP) is 4.64. The van der Waals surface area contributed by atoms with Crippen molar-refractivity contribution in [2.45, 2.75) is 40.7 Å². The van der Waals surface area contributed by atoms with Crippen LogP contribution in [0, 0.1) is 5.92 Å². The number of ether oxygens (including phenoxy) is 1. The van der Waals surface area contributed by atoms with Crippen molar-refractivity contribution in [3.05, 3.63) is 52.9 Å². The van der Waals surface area contributed by atoms with Crippen LogP contribution in [0.1, 0.15) is 45.0 Å². The van der Waals surface area contributed by atoms with Gasteiger partial charge in [-0.2, -0.15) is 0 Å². The molecule has 1 aromatic heterocycles. The fraction of sp³-hybridized carbons (Fsp3) is 0.348. The van der Waals surface area contributed by atoms with E-state index in [1.165, 1.54) is 17.4 Å². The molecule has 30 heavy (non-hydrogen) atoms. The van der Waals surface area contributed by atoms with Crippen LogP contribution >= 0.6 is 11.3 Å². The Bertz CT molecular complexity index is 928. The topological polar surface area (TPSA) is 84.5 Å². The number of nitrogens with one attached hydrogen (secondary N) is 2. The zero-order valence-electron chi connectivity index (χ0n) is 17.9. The molecule has 0 bridgehead atoms. The number of anilines is 1. The van der Waals surface area contributed by atoms with E-state index >= 15 is 0 Å². The summed E-state index contributed by atoms with van der Waals surface area (Å²) < 4.78 is 5.28. The number of hydrogen-bond donors (Lipinski definition) is 2. The van der Waals surface area contributed by atoms with Gasteiger partial charge < -0.3 is 15.4 Å². The van der Waals surface area contributed by atoms with Gasteiger partial charge in [-0.15, -0.1) is 11.3 Å². The number of esters is 1. The molecule has 160 valence electrons. The molecule has 0 saturated carbocycles. The highest BCUT2D eigenvalue weighted by molar-refractivity contribution is 7.15. The summed E-state index contributed by atoms with van der Waals surface area (Å²) in [5.74, 6) is -1.08. The van der Waals surface area contributed by atoms with Crippen molar-refractivity contribution in [2.24, 2.45) is 5.92 Å². The van der Waals surface area contributed by atoms with Gasteiger partial charge in [0.1, 0.15) is 10.6 Å². The summed E-state index contributed by atoms with van der Waals surface area (Å²) in [6, 6.07) is 9.33. The SMILES string of the molecule is CC(C)=CC(=O)Nc1scc(-c2ccccc2)c1C(=O)OCC(=O)NC(C)C(C)C. The number of benzene rings is 1. The summed E-state index contributed by atoms with van der Waals surface area (Å²) >= 11 is 1.24. The fourth-order valence-corrected chi connectivity index (χ4v) is 3.52. The molecule has 0 radical (unpaired) electrons. The van der Waals surface area contributed by atoms with Gasteiger partial charge in [0.25, 0.3) is 5.91 Å². The normalized spacial score (nSPS) is 11.5. The molecule has 1 atom stereocenters. The Labute approximate surface area is 181 Å². The Morgan fingerprint density at radius 2 is 1.77 bits per heavy atom. The molecule has 2 rings (SSSR count). The van der Waals surface area contributed by atoms with E-state index in [1.807, 2.05) is 65.0 Å². The van der Waals surface area contributed by atoms with Gasteiger partial charge in [0.05, 0.1) is 0 Å². The first kappa shape index (κ1) is 23.3. The minimum atomic E-state index is -0.657. The Balaban J connectivity index is 2.25. The molecule has 0 aliphatic heterocycles. The lowest BCUT2D eigenvalue weighted by Gasteiger charge is -2.17. The van der Waals surface area contributed by atoms with Crippen LogP contribution in [0.5, 0.6) is 0 Å². The Kier molecular flexibility index (Phi) is 8.35. The molecule has 0 aliphatic rings. The third-order valence-electron chi connectivity index (χ3n) is 4.46. The van der Waals surface area contributed by atoms with Crippen LogP contribution in [0.2, 0.25) is 0 Å². The molecule has 0 aliphatic carbocycles. The molecule has 7 heteroatoms. The van der Waals surface area contributed by atoms with E-state index < -0.39 is 5.97 Å². The first-order valence-corrected chi connectivity index (χ1v) is 10.7. The van der Waals surface area contributed by atoms with Crippen LogP contribution in [-0.2, 0) is 14.3 Å². The molecule has 2 N–H and O–H groups in total. The lowest BCUT2D eigenvalue weighted by atomic mass is 10.0. The quantitative estimate of drug-likeness (QED) is 0.474. The molecule has 0 spiro atoms. The Morgan fingerprint density at radius 1 is 1.10 bits per heavy atom. The summed E-state index contributed by atoms with van der Waals surface area (Å²) in [5.41, 5.74) is 2.55. The van der Waals surface area contributed by atoms with E-state index in [9.17, 15) is 14.4 Å². The van der Waals surface area contributed by atoms with Crippen molar-refractivity contribution >= 4 is 34.1 Å². The Morgan fingerprint density at radius 3 is 2.37 bits per heavy atom. The third-order valence-corrected chi connectivity index (χ3v) is 5.35. The summed E-state index contributed by atoms with van der Waals surface area (Å²) in [4.78, 5) is 37.2. The zero-order chi connectivity index (χ0) is 22.3. The second-order valence-electron chi connectivity index (χ2n) is 7.61. The van der Waals surface area contributed by atoms with Gasteiger partial charge in [-0.25, -0.2) is 4.79 Å². The van der Waals surface area contributed by atoms with Gasteiger partial charge in [-0.05, 0) is 32.3 Å². The average Bonchev–Trinajstić information content (AvgIpc) is 3.09. The number of carbonyl (C=O) groups excluding carboxylic acids is 3. The first-order chi connectivity index (χ1) is 14.2. The van der Waals surface area contributed by atoms with E-state index in [2.05, 4.69) is 10.6 Å². The predicted molar refractivity (Wildman–Crippen MR) is 121 cm³/mol. The van der Waals surface area contributed by atoms with Gasteiger partial charge in [-0.3, -0.25) is 9.59 Å². The van der Waals surface area contributed by atoms with Crippen molar-refractivity contribution in [2.75, 3.05) is 11.9 Å². The van der Waals surface area contributed by atoms with Crippen molar-refractivity contribution in [3.8, 4) is 11.1 Å². The highest BCUT2D eigenvalue weighted by atomic mass is 32.1. The van der Waals surface area contributed by atoms with Gasteiger partial charge in [-0.1, -0.05) is 49.8 Å². The second-order valence-corrected chi connectivity index (χ2v) is 8.49. The number of amides is 2. The standard InChI is InChI=1S/C23H28N2O4S/c1-14(2)11-19(26)25-22-21(18(13-30-22)17-9-7-6-8-10-17)23(28)29-12-20(27)24-16(5)15(3)4/h6-11,13,15-16H,12H2,1-5H3,(H,24,27)(H,25,26). The number of thiophene rings is 1. The van der Waals surface area contributed by atoms with Gasteiger partial charge in [0, 0.05) is 23.1 Å². The van der Waals surface area contributed by atoms with Crippen LogP contribution in [0.4, 0.5) is 5.00 Å². The number of rotatable bonds is 8. The molecule has 1 heterocycles. The summed E-state index contributed by atoms with van der Waals surface area (Å²) in [6.07, 6.45) is 1.46. The molecule has 6 nitrogen and oxygen atoms in total. The van der Waals surface area contributed by atoms with Crippen LogP contribution in [0.3, 0.4) is 0 Å². The monoisotopic (exact) mass is 428 g/mol. The zero-order valence-corrected chi connectivity index (χ0v) is 18.8. The maximum absolute atomic E-state index is 12.9. The van der Waals surface area contributed by atoms with E-state index in [0.717, 1.165) is 11.1 Å². The first-order valence-electron chi connectivity index (χ1n) is 9.78. The number of carbonyl (C=O) groups is 3. The van der Waals surface area contributed by atoms with Crippen molar-refractivity contribution in [3.63, 3.8) is 0 Å². The Hall–Kier alpha value is -2.93. The van der Waals surface area contributed by atoms with Crippen LogP contribution in [-0.4, -0.2) is 30.4 Å². The van der Waals surface area contributed by atoms with Crippen LogP contribution < -0.4 is 10.6 Å². The van der Waals surface area contributed by atoms with Crippen LogP contribution in [0.25, 0.3) is 11.1 Å². The van der Waals surface area contributed by atoms with Gasteiger partial charge >= 0.3 is 5.97 Å². The van der Waals surface area contributed by atoms with Crippen molar-refractivity contribution in [1.82, 2.24) is 5.32 Å². The van der Waals surface area contributed by atoms with Crippen molar-refractivity contribution in [1.29, 1.82) is 0 Å².